The van der Waals surface area contributed by atoms with E-state index < -0.39 is 31.6 Å². The molecule has 1 aliphatic rings. The smallest absolute Gasteiger partial charge is 0.287 e. The van der Waals surface area contributed by atoms with Crippen LogP contribution < -0.4 is 10.5 Å². The summed E-state index contributed by atoms with van der Waals surface area (Å²) in [7, 11) is -2.84. The molecule has 2 atom stereocenters. The maximum atomic E-state index is 12.5. The number of nitro groups is 1. The molecule has 0 bridgehead atoms. The molecule has 1 aromatic heterocycles. The van der Waals surface area contributed by atoms with Crippen LogP contribution in [-0.2, 0) is 21.9 Å². The number of aryl methyl sites for hydroxylation is 1. The fraction of sp³-hybridized carbons (Fsp3) is 0.364. The van der Waals surface area contributed by atoms with E-state index in [0.29, 0.717) is 5.16 Å². The minimum absolute atomic E-state index is 0.177. The van der Waals surface area contributed by atoms with Crippen LogP contribution in [0, 0.1) is 10.1 Å². The highest BCUT2D eigenvalue weighted by molar-refractivity contribution is 7.98. The van der Waals surface area contributed by atoms with Crippen LogP contribution >= 0.6 is 11.8 Å². The van der Waals surface area contributed by atoms with Crippen molar-refractivity contribution in [3.8, 4) is 0 Å². The lowest BCUT2D eigenvalue weighted by Gasteiger charge is -2.27. The van der Waals surface area contributed by atoms with Crippen LogP contribution in [0.25, 0.3) is 0 Å². The molecule has 0 aromatic carbocycles. The van der Waals surface area contributed by atoms with Gasteiger partial charge in [-0.2, -0.15) is 4.98 Å². The zero-order chi connectivity index (χ0) is 18.1. The largest absolute Gasteiger partial charge is 0.338 e. The molecule has 2 unspecified atom stereocenters. The number of primary sulfonamides is 1. The molecule has 0 spiro atoms. The summed E-state index contributed by atoms with van der Waals surface area (Å²) in [6.07, 6.45) is 6.10. The minimum atomic E-state index is -4.41. The van der Waals surface area contributed by atoms with Crippen molar-refractivity contribution < 1.29 is 18.1 Å². The Morgan fingerprint density at radius 3 is 2.71 bits per heavy atom. The summed E-state index contributed by atoms with van der Waals surface area (Å²) < 4.78 is 24.8. The second-order valence-electron chi connectivity index (χ2n) is 4.84. The first-order valence-electron chi connectivity index (χ1n) is 6.41. The summed E-state index contributed by atoms with van der Waals surface area (Å²) in [5.74, 6) is -1.38. The molecule has 0 fully saturated rings. The summed E-state index contributed by atoms with van der Waals surface area (Å²) in [5.41, 5.74) is -2.61. The Kier molecular flexibility index (Phi) is 4.77. The Morgan fingerprint density at radius 2 is 2.21 bits per heavy atom. The number of thioether (sulfide) groups is 1. The molecule has 3 N–H and O–H groups in total. The number of rotatable bonds is 5. The highest BCUT2D eigenvalue weighted by Gasteiger charge is 2.60. The van der Waals surface area contributed by atoms with Gasteiger partial charge in [-0.1, -0.05) is 30.0 Å². The molecule has 13 heteroatoms. The maximum Gasteiger partial charge on any atom is 0.338 e. The fourth-order valence-electron chi connectivity index (χ4n) is 2.22. The molecule has 11 nitrogen and oxygen atoms in total. The average Bonchev–Trinajstić information content (AvgIpc) is 2.85. The third-order valence-electron chi connectivity index (χ3n) is 3.33. The van der Waals surface area contributed by atoms with Gasteiger partial charge in [-0.05, 0) is 6.26 Å². The minimum Gasteiger partial charge on any atom is -0.287 e. The van der Waals surface area contributed by atoms with Crippen LogP contribution in [0.5, 0.6) is 0 Å². The standard InChI is InChI=1S/C11H14N6O5S2/c1-16-10(23-2)14-9(15-16)13-8(18)11(17(19)20)6-4-3-5-7(11)24(12,21)22/h3-7H,1-2H3,(H2,12,21,22)(H,13,15,18). The summed E-state index contributed by atoms with van der Waals surface area (Å²) in [5, 5.41) is 21.3. The number of nitrogens with one attached hydrogen (secondary N) is 1. The number of sulfonamides is 1. The molecule has 0 saturated heterocycles. The van der Waals surface area contributed by atoms with Gasteiger partial charge in [0.15, 0.2) is 10.4 Å². The van der Waals surface area contributed by atoms with Crippen LogP contribution in [0.1, 0.15) is 0 Å². The Morgan fingerprint density at radius 1 is 1.54 bits per heavy atom. The van der Waals surface area contributed by atoms with Gasteiger partial charge in [0.25, 0.3) is 0 Å². The SMILES string of the molecule is CSc1nc(NC(=O)C2([N+](=O)[O-])C=CC=CC2S(N)(=O)=O)nn1C. The van der Waals surface area contributed by atoms with Gasteiger partial charge in [-0.3, -0.25) is 20.2 Å². The van der Waals surface area contributed by atoms with Crippen LogP contribution in [0.2, 0.25) is 0 Å². The lowest BCUT2D eigenvalue weighted by atomic mass is 9.90. The van der Waals surface area contributed by atoms with E-state index in [1.165, 1.54) is 28.6 Å². The second kappa shape index (κ2) is 6.33. The van der Waals surface area contributed by atoms with Crippen molar-refractivity contribution in [3.63, 3.8) is 0 Å². The number of hydrogen-bond acceptors (Lipinski definition) is 8. The van der Waals surface area contributed by atoms with Crippen molar-refractivity contribution in [2.75, 3.05) is 11.6 Å². The van der Waals surface area contributed by atoms with Crippen molar-refractivity contribution in [2.45, 2.75) is 15.9 Å². The number of carbonyl (C=O) groups is 1. The molecule has 1 amide bonds. The second-order valence-corrected chi connectivity index (χ2v) is 7.30. The van der Waals surface area contributed by atoms with Gasteiger partial charge < -0.3 is 0 Å². The lowest BCUT2D eigenvalue weighted by Crippen LogP contribution is -2.60. The van der Waals surface area contributed by atoms with Crippen molar-refractivity contribution in [3.05, 3.63) is 34.4 Å². The lowest BCUT2D eigenvalue weighted by molar-refractivity contribution is -0.535. The monoisotopic (exact) mass is 374 g/mol. The molecule has 2 rings (SSSR count). The Balaban J connectivity index is 2.45. The Bertz CT molecular complexity index is 845. The molecular formula is C11H14N6O5S2. The molecule has 24 heavy (non-hydrogen) atoms. The number of anilines is 1. The number of carbonyl (C=O) groups excluding carboxylic acids is 1. The highest BCUT2D eigenvalue weighted by Crippen LogP contribution is 2.28. The van der Waals surface area contributed by atoms with Crippen molar-refractivity contribution in [1.29, 1.82) is 0 Å². The van der Waals surface area contributed by atoms with Gasteiger partial charge in [0.2, 0.25) is 16.0 Å². The van der Waals surface area contributed by atoms with Crippen LogP contribution in [0.15, 0.2) is 29.5 Å². The van der Waals surface area contributed by atoms with Gasteiger partial charge in [0.05, 0.1) is 0 Å². The predicted molar refractivity (Wildman–Crippen MR) is 86.3 cm³/mol. The first-order chi connectivity index (χ1) is 11.1. The van der Waals surface area contributed by atoms with Gasteiger partial charge in [-0.15, -0.1) is 5.10 Å². The summed E-state index contributed by atoms with van der Waals surface area (Å²) in [6.45, 7) is 0. The highest BCUT2D eigenvalue weighted by atomic mass is 32.2. The zero-order valence-corrected chi connectivity index (χ0v) is 14.2. The molecular weight excluding hydrogens is 360 g/mol. The average molecular weight is 374 g/mol. The molecule has 0 saturated carbocycles. The first kappa shape index (κ1) is 18.1. The molecule has 0 aliphatic heterocycles. The molecule has 130 valence electrons. The third kappa shape index (κ3) is 3.05. The number of nitrogens with zero attached hydrogens (tertiary/aromatic N) is 4. The number of nitrogens with two attached hydrogens (primary N) is 1. The number of amides is 1. The maximum absolute atomic E-state index is 12.5. The summed E-state index contributed by atoms with van der Waals surface area (Å²) in [4.78, 5) is 27.1. The van der Waals surface area contributed by atoms with Gasteiger partial charge in [0, 0.05) is 18.0 Å². The topological polar surface area (TPSA) is 163 Å². The third-order valence-corrected chi connectivity index (χ3v) is 5.28. The molecule has 1 heterocycles. The fourth-order valence-corrected chi connectivity index (χ4v) is 3.79. The quantitative estimate of drug-likeness (QED) is 0.387. The molecule has 1 aliphatic carbocycles. The number of aromatic nitrogens is 3. The first-order valence-corrected chi connectivity index (χ1v) is 9.25. The van der Waals surface area contributed by atoms with Crippen LogP contribution in [-0.4, -0.2) is 51.1 Å². The van der Waals surface area contributed by atoms with E-state index in [-0.39, 0.29) is 5.95 Å². The van der Waals surface area contributed by atoms with Gasteiger partial charge in [0.1, 0.15) is 0 Å². The van der Waals surface area contributed by atoms with E-state index in [2.05, 4.69) is 15.4 Å². The van der Waals surface area contributed by atoms with E-state index in [1.54, 1.807) is 13.3 Å². The van der Waals surface area contributed by atoms with Crippen LogP contribution in [0.4, 0.5) is 5.95 Å². The zero-order valence-electron chi connectivity index (χ0n) is 12.6. The Hall–Kier alpha value is -2.25. The Labute approximate surface area is 141 Å². The van der Waals surface area contributed by atoms with E-state index in [1.807, 2.05) is 0 Å². The van der Waals surface area contributed by atoms with Gasteiger partial charge >= 0.3 is 11.4 Å². The van der Waals surface area contributed by atoms with Crippen molar-refractivity contribution in [2.24, 2.45) is 12.2 Å². The van der Waals surface area contributed by atoms with Crippen molar-refractivity contribution >= 4 is 33.6 Å². The van der Waals surface area contributed by atoms with E-state index in [4.69, 9.17) is 5.14 Å². The summed E-state index contributed by atoms with van der Waals surface area (Å²) in [6, 6.07) is 0. The van der Waals surface area contributed by atoms with Crippen molar-refractivity contribution in [1.82, 2.24) is 14.8 Å². The molecule has 1 aromatic rings. The van der Waals surface area contributed by atoms with E-state index >= 15 is 0 Å². The van der Waals surface area contributed by atoms with E-state index in [0.717, 1.165) is 12.2 Å². The normalized spacial score (nSPS) is 23.2. The van der Waals surface area contributed by atoms with Crippen LogP contribution in [0.3, 0.4) is 0 Å². The number of allylic oxidation sites excluding steroid dienone is 2. The van der Waals surface area contributed by atoms with E-state index in [9.17, 15) is 23.3 Å². The number of hydrogen-bond donors (Lipinski definition) is 2. The summed E-state index contributed by atoms with van der Waals surface area (Å²) >= 11 is 1.25. The predicted octanol–water partition coefficient (Wildman–Crippen LogP) is -0.726. The van der Waals surface area contributed by atoms with Gasteiger partial charge in [-0.25, -0.2) is 18.2 Å². The molecule has 0 radical (unpaired) electrons.